The van der Waals surface area contributed by atoms with Gasteiger partial charge in [-0.05, 0) is 67.4 Å². The number of hydrogen-bond donors (Lipinski definition) is 2. The molecule has 0 atom stereocenters. The molecule has 0 fully saturated rings. The number of nitrogens with one attached hydrogen (secondary N) is 2. The number of rotatable bonds is 8. The molecular weight excluding hydrogens is 356 g/mol. The second-order valence-corrected chi connectivity index (χ2v) is 6.28. The van der Waals surface area contributed by atoms with Crippen LogP contribution in [0.1, 0.15) is 32.9 Å². The van der Waals surface area contributed by atoms with Crippen LogP contribution >= 0.6 is 0 Å². The Morgan fingerprint density at radius 1 is 1.00 bits per heavy atom. The molecule has 2 aromatic carbocycles. The van der Waals surface area contributed by atoms with Crippen molar-refractivity contribution in [2.24, 2.45) is 0 Å². The van der Waals surface area contributed by atoms with Crippen molar-refractivity contribution in [2.75, 3.05) is 18.5 Å². The van der Waals surface area contributed by atoms with Crippen LogP contribution in [0.4, 0.5) is 5.69 Å². The Bertz CT molecular complexity index is 918. The maximum Gasteiger partial charge on any atom is 0.291 e. The molecule has 2 N–H and O–H groups in total. The van der Waals surface area contributed by atoms with Crippen LogP contribution in [0.2, 0.25) is 0 Å². The molecule has 0 aliphatic rings. The molecule has 3 aromatic rings. The van der Waals surface area contributed by atoms with Gasteiger partial charge in [0.1, 0.15) is 5.75 Å². The highest BCUT2D eigenvalue weighted by atomic mass is 16.5. The van der Waals surface area contributed by atoms with Gasteiger partial charge < -0.3 is 19.8 Å². The third kappa shape index (κ3) is 5.48. The number of furan rings is 1. The first-order valence-electron chi connectivity index (χ1n) is 9.04. The standard InChI is InChI=1S/C22H22N2O4/c1-16-5-2-6-19(15-16)27-14-4-12-23-21(25)17-8-10-18(11-9-17)24-22(26)20-7-3-13-28-20/h2-3,5-11,13,15H,4,12,14H2,1H3,(H,23,25)(H,24,26). The van der Waals surface area contributed by atoms with Crippen molar-refractivity contribution in [3.63, 3.8) is 0 Å². The minimum absolute atomic E-state index is 0.167. The number of carbonyl (C=O) groups excluding carboxylic acids is 2. The Morgan fingerprint density at radius 2 is 1.82 bits per heavy atom. The van der Waals surface area contributed by atoms with E-state index in [1.807, 2.05) is 31.2 Å². The van der Waals surface area contributed by atoms with Gasteiger partial charge in [-0.1, -0.05) is 12.1 Å². The number of benzene rings is 2. The van der Waals surface area contributed by atoms with Crippen molar-refractivity contribution in [1.82, 2.24) is 5.32 Å². The smallest absolute Gasteiger partial charge is 0.291 e. The molecule has 1 aromatic heterocycles. The Hall–Kier alpha value is -3.54. The zero-order valence-electron chi connectivity index (χ0n) is 15.6. The summed E-state index contributed by atoms with van der Waals surface area (Å²) in [4.78, 5) is 24.1. The van der Waals surface area contributed by atoms with Gasteiger partial charge in [0.25, 0.3) is 11.8 Å². The Kier molecular flexibility index (Phi) is 6.46. The van der Waals surface area contributed by atoms with Crippen molar-refractivity contribution in [1.29, 1.82) is 0 Å². The topological polar surface area (TPSA) is 80.6 Å². The zero-order chi connectivity index (χ0) is 19.8. The lowest BCUT2D eigenvalue weighted by Gasteiger charge is -2.09. The normalized spacial score (nSPS) is 10.3. The molecule has 144 valence electrons. The Labute approximate surface area is 163 Å². The fourth-order valence-corrected chi connectivity index (χ4v) is 2.58. The van der Waals surface area contributed by atoms with Gasteiger partial charge in [-0.25, -0.2) is 0 Å². The molecule has 0 radical (unpaired) electrons. The van der Waals surface area contributed by atoms with Gasteiger partial charge in [-0.3, -0.25) is 9.59 Å². The molecule has 28 heavy (non-hydrogen) atoms. The van der Waals surface area contributed by atoms with Crippen LogP contribution in [0, 0.1) is 6.92 Å². The Balaban J connectivity index is 1.40. The minimum atomic E-state index is -0.337. The third-order valence-electron chi connectivity index (χ3n) is 4.01. The molecule has 1 heterocycles. The minimum Gasteiger partial charge on any atom is -0.494 e. The van der Waals surface area contributed by atoms with Crippen LogP contribution in [0.3, 0.4) is 0 Å². The van der Waals surface area contributed by atoms with Crippen LogP contribution in [-0.4, -0.2) is 25.0 Å². The van der Waals surface area contributed by atoms with Crippen molar-refractivity contribution in [3.8, 4) is 5.75 Å². The van der Waals surface area contributed by atoms with Crippen LogP contribution in [0.25, 0.3) is 0 Å². The number of anilines is 1. The van der Waals surface area contributed by atoms with E-state index in [-0.39, 0.29) is 17.6 Å². The van der Waals surface area contributed by atoms with Gasteiger partial charge in [0.2, 0.25) is 0 Å². The van der Waals surface area contributed by atoms with E-state index >= 15 is 0 Å². The molecular formula is C22H22N2O4. The van der Waals surface area contributed by atoms with E-state index in [0.717, 1.165) is 11.3 Å². The summed E-state index contributed by atoms with van der Waals surface area (Å²) in [5.74, 6) is 0.559. The summed E-state index contributed by atoms with van der Waals surface area (Å²) in [6.45, 7) is 3.06. The van der Waals surface area contributed by atoms with E-state index in [2.05, 4.69) is 10.6 Å². The SMILES string of the molecule is Cc1cccc(OCCCNC(=O)c2ccc(NC(=O)c3ccco3)cc2)c1. The first-order chi connectivity index (χ1) is 13.6. The molecule has 0 aliphatic heterocycles. The average Bonchev–Trinajstić information content (AvgIpc) is 3.23. The lowest BCUT2D eigenvalue weighted by atomic mass is 10.2. The molecule has 0 spiro atoms. The van der Waals surface area contributed by atoms with Gasteiger partial charge in [0, 0.05) is 17.8 Å². The van der Waals surface area contributed by atoms with Crippen LogP contribution in [-0.2, 0) is 0 Å². The second kappa shape index (κ2) is 9.41. The average molecular weight is 378 g/mol. The summed E-state index contributed by atoms with van der Waals surface area (Å²) in [5.41, 5.74) is 2.26. The summed E-state index contributed by atoms with van der Waals surface area (Å²) in [7, 11) is 0. The highest BCUT2D eigenvalue weighted by molar-refractivity contribution is 6.02. The van der Waals surface area contributed by atoms with Crippen molar-refractivity contribution < 1.29 is 18.7 Å². The number of ether oxygens (including phenoxy) is 1. The number of amides is 2. The number of hydrogen-bond acceptors (Lipinski definition) is 4. The fraction of sp³-hybridized carbons (Fsp3) is 0.182. The molecule has 0 saturated heterocycles. The molecule has 0 bridgehead atoms. The summed E-state index contributed by atoms with van der Waals surface area (Å²) < 4.78 is 10.7. The van der Waals surface area contributed by atoms with Crippen molar-refractivity contribution in [3.05, 3.63) is 83.8 Å². The Morgan fingerprint density at radius 3 is 2.54 bits per heavy atom. The first-order valence-corrected chi connectivity index (χ1v) is 9.04. The van der Waals surface area contributed by atoms with Crippen molar-refractivity contribution >= 4 is 17.5 Å². The quantitative estimate of drug-likeness (QED) is 0.580. The lowest BCUT2D eigenvalue weighted by molar-refractivity contribution is 0.0950. The van der Waals surface area contributed by atoms with Crippen molar-refractivity contribution in [2.45, 2.75) is 13.3 Å². The largest absolute Gasteiger partial charge is 0.494 e. The van der Waals surface area contributed by atoms with Gasteiger partial charge in [-0.2, -0.15) is 0 Å². The van der Waals surface area contributed by atoms with E-state index in [9.17, 15) is 9.59 Å². The predicted octanol–water partition coefficient (Wildman–Crippen LogP) is 4.04. The predicted molar refractivity (Wildman–Crippen MR) is 107 cm³/mol. The first kappa shape index (κ1) is 19.2. The van der Waals surface area contributed by atoms with E-state index in [0.29, 0.717) is 30.8 Å². The molecule has 6 nitrogen and oxygen atoms in total. The maximum atomic E-state index is 12.2. The van der Waals surface area contributed by atoms with E-state index in [1.165, 1.54) is 6.26 Å². The van der Waals surface area contributed by atoms with E-state index < -0.39 is 0 Å². The molecule has 0 saturated carbocycles. The molecule has 6 heteroatoms. The molecule has 0 aliphatic carbocycles. The lowest BCUT2D eigenvalue weighted by Crippen LogP contribution is -2.25. The van der Waals surface area contributed by atoms with E-state index in [1.54, 1.807) is 36.4 Å². The van der Waals surface area contributed by atoms with Gasteiger partial charge in [-0.15, -0.1) is 0 Å². The molecule has 2 amide bonds. The summed E-state index contributed by atoms with van der Waals surface area (Å²) in [6, 6.07) is 17.8. The monoisotopic (exact) mass is 378 g/mol. The highest BCUT2D eigenvalue weighted by Gasteiger charge is 2.09. The van der Waals surface area contributed by atoms with Crippen LogP contribution in [0.5, 0.6) is 5.75 Å². The summed E-state index contributed by atoms with van der Waals surface area (Å²) in [6.07, 6.45) is 2.14. The number of carbonyl (C=O) groups is 2. The molecule has 0 unspecified atom stereocenters. The third-order valence-corrected chi connectivity index (χ3v) is 4.01. The van der Waals surface area contributed by atoms with Gasteiger partial charge >= 0.3 is 0 Å². The fourth-order valence-electron chi connectivity index (χ4n) is 2.58. The van der Waals surface area contributed by atoms with E-state index in [4.69, 9.17) is 9.15 Å². The number of aryl methyl sites for hydroxylation is 1. The molecule has 3 rings (SSSR count). The zero-order valence-corrected chi connectivity index (χ0v) is 15.6. The van der Waals surface area contributed by atoms with Gasteiger partial charge in [0.15, 0.2) is 5.76 Å². The summed E-state index contributed by atoms with van der Waals surface area (Å²) >= 11 is 0. The van der Waals surface area contributed by atoms with Crippen LogP contribution < -0.4 is 15.4 Å². The second-order valence-electron chi connectivity index (χ2n) is 6.28. The maximum absolute atomic E-state index is 12.2. The summed E-state index contributed by atoms with van der Waals surface area (Å²) in [5, 5.41) is 5.57. The van der Waals surface area contributed by atoms with Gasteiger partial charge in [0.05, 0.1) is 12.9 Å². The highest BCUT2D eigenvalue weighted by Crippen LogP contribution is 2.13. The van der Waals surface area contributed by atoms with Crippen LogP contribution in [0.15, 0.2) is 71.3 Å².